The predicted molar refractivity (Wildman–Crippen MR) is 287 cm³/mol. The summed E-state index contributed by atoms with van der Waals surface area (Å²) >= 11 is 0. The zero-order valence-corrected chi connectivity index (χ0v) is 41.3. The molecule has 0 fully saturated rings. The SMILES string of the molecule is CC/C=C/C=C/C=C/C=C/C=C/C=C/C=C/CCCCCC(=O)OCC(COC(=O)CCCCC/C=C/C=C/C=C/C=C/CC)OC(=O)CCCCC/C=C/C=C/C=C/C=C/C=C/C=C/CC. The average Bonchev–Trinajstić information content (AvgIpc) is 3.33. The maximum Gasteiger partial charge on any atom is 0.306 e. The van der Waals surface area contributed by atoms with Crippen molar-refractivity contribution in [2.24, 2.45) is 0 Å². The van der Waals surface area contributed by atoms with Gasteiger partial charge in [-0.1, -0.05) is 247 Å². The van der Waals surface area contributed by atoms with Crippen molar-refractivity contribution < 1.29 is 28.6 Å². The molecule has 0 radical (unpaired) electrons. The van der Waals surface area contributed by atoms with Gasteiger partial charge in [-0.05, 0) is 77.0 Å². The molecular formula is C61H84O6. The van der Waals surface area contributed by atoms with Gasteiger partial charge in [-0.25, -0.2) is 0 Å². The minimum absolute atomic E-state index is 0.146. The molecule has 0 spiro atoms. The highest BCUT2D eigenvalue weighted by atomic mass is 16.6. The highest BCUT2D eigenvalue weighted by Gasteiger charge is 2.19. The molecule has 0 aromatic rings. The van der Waals surface area contributed by atoms with Crippen LogP contribution in [0.2, 0.25) is 0 Å². The number of hydrogen-bond acceptors (Lipinski definition) is 6. The van der Waals surface area contributed by atoms with E-state index in [4.69, 9.17) is 14.2 Å². The van der Waals surface area contributed by atoms with Gasteiger partial charge in [0, 0.05) is 19.3 Å². The lowest BCUT2D eigenvalue weighted by Gasteiger charge is -2.18. The molecule has 0 heterocycles. The van der Waals surface area contributed by atoms with Crippen LogP contribution in [0.25, 0.3) is 0 Å². The zero-order chi connectivity index (χ0) is 48.6. The van der Waals surface area contributed by atoms with Crippen LogP contribution in [-0.2, 0) is 28.6 Å². The summed E-state index contributed by atoms with van der Waals surface area (Å²) in [7, 11) is 0. The third-order valence-corrected chi connectivity index (χ3v) is 9.21. The fourth-order valence-electron chi connectivity index (χ4n) is 5.58. The summed E-state index contributed by atoms with van der Waals surface area (Å²) in [6.07, 6.45) is 82.3. The molecule has 0 aliphatic heterocycles. The van der Waals surface area contributed by atoms with Gasteiger partial charge in [0.2, 0.25) is 0 Å². The standard InChI is InChI=1S/C61H84O6/c1-4-7-10-13-16-19-22-25-27-29-30-32-33-36-39-42-45-48-51-54-60(63)66-57-58(56-65-59(62)53-50-47-44-41-38-35-24-21-18-15-12-9-6-3)67-61(64)55-52-49-46-43-40-37-34-31-28-26-23-20-17-14-11-8-5-2/h7-40,58H,4-6,41-57H2,1-3H3/b10-7+,11-8+,12-9+,16-13+,17-14+,18-15+,22-19+,23-20+,24-21+,27-25+,28-26+,30-29+,33-32+,34-31+,38-35+,39-36+,40-37+. The highest BCUT2D eigenvalue weighted by Crippen LogP contribution is 2.10. The van der Waals surface area contributed by atoms with E-state index in [0.717, 1.165) is 77.0 Å². The Hall–Kier alpha value is -6.01. The highest BCUT2D eigenvalue weighted by molar-refractivity contribution is 5.71. The van der Waals surface area contributed by atoms with Crippen LogP contribution in [0.1, 0.15) is 136 Å². The van der Waals surface area contributed by atoms with E-state index in [2.05, 4.69) is 57.2 Å². The largest absolute Gasteiger partial charge is 0.462 e. The minimum atomic E-state index is -0.851. The first-order chi connectivity index (χ1) is 33.0. The Balaban J connectivity index is 4.71. The first-order valence-corrected chi connectivity index (χ1v) is 24.8. The van der Waals surface area contributed by atoms with Gasteiger partial charge in [0.15, 0.2) is 6.10 Å². The van der Waals surface area contributed by atoms with Crippen molar-refractivity contribution in [1.29, 1.82) is 0 Å². The van der Waals surface area contributed by atoms with Crippen molar-refractivity contribution in [3.63, 3.8) is 0 Å². The van der Waals surface area contributed by atoms with Crippen molar-refractivity contribution in [2.45, 2.75) is 142 Å². The Kier molecular flexibility index (Phi) is 47.9. The summed E-state index contributed by atoms with van der Waals surface area (Å²) in [5, 5.41) is 0. The van der Waals surface area contributed by atoms with Crippen LogP contribution in [0.3, 0.4) is 0 Å². The first-order valence-electron chi connectivity index (χ1n) is 24.8. The fourth-order valence-corrected chi connectivity index (χ4v) is 5.58. The van der Waals surface area contributed by atoms with Crippen LogP contribution in [-0.4, -0.2) is 37.2 Å². The van der Waals surface area contributed by atoms with Crippen LogP contribution in [0.5, 0.6) is 0 Å². The van der Waals surface area contributed by atoms with E-state index in [1.165, 1.54) is 0 Å². The molecule has 0 bridgehead atoms. The topological polar surface area (TPSA) is 78.9 Å². The van der Waals surface area contributed by atoms with Gasteiger partial charge in [-0.2, -0.15) is 0 Å². The Morgan fingerprint density at radius 3 is 0.806 bits per heavy atom. The molecule has 0 aromatic heterocycles. The lowest BCUT2D eigenvalue weighted by atomic mass is 10.1. The van der Waals surface area contributed by atoms with Gasteiger partial charge in [0.1, 0.15) is 13.2 Å². The molecule has 1 unspecified atom stereocenters. The number of carbonyl (C=O) groups is 3. The quantitative estimate of drug-likeness (QED) is 0.0264. The van der Waals surface area contributed by atoms with Gasteiger partial charge in [-0.15, -0.1) is 0 Å². The lowest BCUT2D eigenvalue weighted by Crippen LogP contribution is -2.30. The van der Waals surface area contributed by atoms with Crippen molar-refractivity contribution >= 4 is 17.9 Å². The minimum Gasteiger partial charge on any atom is -0.462 e. The summed E-state index contributed by atoms with van der Waals surface area (Å²) in [5.41, 5.74) is 0. The zero-order valence-electron chi connectivity index (χ0n) is 41.3. The van der Waals surface area contributed by atoms with E-state index < -0.39 is 6.10 Å². The maximum absolute atomic E-state index is 12.8. The first kappa shape index (κ1) is 61.0. The second kappa shape index (κ2) is 52.6. The van der Waals surface area contributed by atoms with E-state index in [1.807, 2.05) is 170 Å². The second-order valence-corrected chi connectivity index (χ2v) is 15.3. The predicted octanol–water partition coefficient (Wildman–Crippen LogP) is 16.5. The van der Waals surface area contributed by atoms with E-state index in [0.29, 0.717) is 19.3 Å². The van der Waals surface area contributed by atoms with Gasteiger partial charge >= 0.3 is 17.9 Å². The van der Waals surface area contributed by atoms with Crippen molar-refractivity contribution in [1.82, 2.24) is 0 Å². The smallest absolute Gasteiger partial charge is 0.306 e. The Morgan fingerprint density at radius 2 is 0.537 bits per heavy atom. The third-order valence-electron chi connectivity index (χ3n) is 9.21. The Morgan fingerprint density at radius 1 is 0.299 bits per heavy atom. The number of unbranched alkanes of at least 4 members (excludes halogenated alkanes) is 9. The summed E-state index contributed by atoms with van der Waals surface area (Å²) in [6, 6.07) is 0. The Labute approximate surface area is 407 Å². The van der Waals surface area contributed by atoms with Gasteiger partial charge in [0.05, 0.1) is 0 Å². The summed E-state index contributed by atoms with van der Waals surface area (Å²) in [6.45, 7) is 6.04. The number of rotatable bonds is 40. The van der Waals surface area contributed by atoms with Crippen LogP contribution in [0, 0.1) is 0 Å². The van der Waals surface area contributed by atoms with Crippen LogP contribution >= 0.6 is 0 Å². The van der Waals surface area contributed by atoms with Crippen molar-refractivity contribution in [3.8, 4) is 0 Å². The lowest BCUT2D eigenvalue weighted by molar-refractivity contribution is -0.167. The number of ether oxygens (including phenoxy) is 3. The molecule has 364 valence electrons. The fraction of sp³-hybridized carbons (Fsp3) is 0.393. The Bertz CT molecular complexity index is 1760. The monoisotopic (exact) mass is 913 g/mol. The van der Waals surface area contributed by atoms with E-state index in [1.54, 1.807) is 0 Å². The summed E-state index contributed by atoms with van der Waals surface area (Å²) in [5.74, 6) is -1.10. The molecule has 0 aliphatic carbocycles. The second-order valence-electron chi connectivity index (χ2n) is 15.3. The van der Waals surface area contributed by atoms with Crippen molar-refractivity contribution in [3.05, 3.63) is 207 Å². The third kappa shape index (κ3) is 50.8. The molecule has 6 heteroatoms. The molecule has 67 heavy (non-hydrogen) atoms. The molecule has 0 aliphatic rings. The van der Waals surface area contributed by atoms with E-state index >= 15 is 0 Å². The number of hydrogen-bond donors (Lipinski definition) is 0. The summed E-state index contributed by atoms with van der Waals surface area (Å²) < 4.78 is 16.7. The number of carbonyl (C=O) groups excluding carboxylic acids is 3. The molecule has 0 saturated carbocycles. The molecular weight excluding hydrogens is 829 g/mol. The van der Waals surface area contributed by atoms with Crippen LogP contribution in [0.15, 0.2) is 207 Å². The van der Waals surface area contributed by atoms with Crippen molar-refractivity contribution in [2.75, 3.05) is 13.2 Å². The van der Waals surface area contributed by atoms with Gasteiger partial charge < -0.3 is 14.2 Å². The number of allylic oxidation sites excluding steroid dienone is 34. The van der Waals surface area contributed by atoms with Crippen LogP contribution < -0.4 is 0 Å². The average molecular weight is 913 g/mol. The molecule has 0 aromatic carbocycles. The van der Waals surface area contributed by atoms with Gasteiger partial charge in [-0.3, -0.25) is 14.4 Å². The molecule has 6 nitrogen and oxygen atoms in total. The number of esters is 3. The summed E-state index contributed by atoms with van der Waals surface area (Å²) in [4.78, 5) is 38.0. The van der Waals surface area contributed by atoms with Crippen LogP contribution in [0.4, 0.5) is 0 Å². The molecule has 0 amide bonds. The molecule has 0 rings (SSSR count). The normalized spacial score (nSPS) is 13.9. The maximum atomic E-state index is 12.8. The van der Waals surface area contributed by atoms with Gasteiger partial charge in [0.25, 0.3) is 0 Å². The molecule has 1 atom stereocenters. The van der Waals surface area contributed by atoms with E-state index in [9.17, 15) is 14.4 Å². The molecule has 0 saturated heterocycles. The molecule has 0 N–H and O–H groups in total. The van der Waals surface area contributed by atoms with E-state index in [-0.39, 0.29) is 50.4 Å².